The molecule has 0 spiro atoms. The summed E-state index contributed by atoms with van der Waals surface area (Å²) in [6.45, 7) is 1.85. The number of amides is 1. The molecule has 1 aliphatic rings. The molecule has 3 heterocycles. The van der Waals surface area contributed by atoms with Gasteiger partial charge in [0.2, 0.25) is 5.88 Å². The molecule has 0 aliphatic carbocycles. The monoisotopic (exact) mass is 401 g/mol. The number of carbonyl (C=O) groups excluding carboxylic acids is 1. The molecule has 0 saturated carbocycles. The molecule has 1 amide bonds. The molecule has 0 bridgehead atoms. The van der Waals surface area contributed by atoms with E-state index >= 15 is 0 Å². The number of nitro groups is 1. The minimum atomic E-state index is -0.565. The van der Waals surface area contributed by atoms with E-state index in [0.29, 0.717) is 25.9 Å². The zero-order chi connectivity index (χ0) is 19.3. The van der Waals surface area contributed by atoms with Crippen molar-refractivity contribution < 1.29 is 19.2 Å². The Morgan fingerprint density at radius 3 is 2.89 bits per heavy atom. The maximum Gasteiger partial charge on any atom is 0.279 e. The van der Waals surface area contributed by atoms with E-state index in [4.69, 9.17) is 16.6 Å². The molecule has 4 rings (SSSR count). The number of aromatic hydroxyl groups is 1. The number of rotatable bonds is 4. The van der Waals surface area contributed by atoms with E-state index in [0.717, 1.165) is 11.3 Å². The van der Waals surface area contributed by atoms with E-state index in [1.807, 2.05) is 0 Å². The lowest BCUT2D eigenvalue weighted by Crippen LogP contribution is -2.26. The molecule has 27 heavy (non-hydrogen) atoms. The van der Waals surface area contributed by atoms with Crippen molar-refractivity contribution in [2.75, 3.05) is 0 Å². The van der Waals surface area contributed by atoms with E-state index in [1.165, 1.54) is 23.0 Å². The molecule has 0 saturated heterocycles. The SMILES string of the molecule is Cc1cc([N+](=O)[O-])cc2c1=NC(=O)C=2c1sc(=S)n(Cc2ccco2)c1O. The minimum absolute atomic E-state index is 0.114. The Kier molecular flexibility index (Phi) is 4.01. The lowest BCUT2D eigenvalue weighted by Gasteiger charge is -2.03. The largest absolute Gasteiger partial charge is 0.493 e. The van der Waals surface area contributed by atoms with Crippen molar-refractivity contribution in [2.24, 2.45) is 4.99 Å². The summed E-state index contributed by atoms with van der Waals surface area (Å²) in [5.41, 5.74) is 0.482. The van der Waals surface area contributed by atoms with Gasteiger partial charge in [-0.15, -0.1) is 11.3 Å². The van der Waals surface area contributed by atoms with Gasteiger partial charge in [0.25, 0.3) is 11.6 Å². The van der Waals surface area contributed by atoms with Crippen LogP contribution in [-0.2, 0) is 11.3 Å². The Morgan fingerprint density at radius 2 is 2.22 bits per heavy atom. The molecule has 0 unspecified atom stereocenters. The van der Waals surface area contributed by atoms with Gasteiger partial charge in [-0.25, -0.2) is 4.99 Å². The lowest BCUT2D eigenvalue weighted by atomic mass is 10.1. The first-order valence-corrected chi connectivity index (χ1v) is 8.97. The van der Waals surface area contributed by atoms with Crippen LogP contribution in [0.1, 0.15) is 16.2 Å². The molecule has 136 valence electrons. The van der Waals surface area contributed by atoms with Gasteiger partial charge in [-0.05, 0) is 36.8 Å². The van der Waals surface area contributed by atoms with Crippen LogP contribution in [0, 0.1) is 21.0 Å². The second-order valence-corrected chi connectivity index (χ2v) is 7.54. The Balaban J connectivity index is 1.96. The zero-order valence-electron chi connectivity index (χ0n) is 13.8. The number of carbonyl (C=O) groups is 1. The molecule has 8 nitrogen and oxygen atoms in total. The number of aromatic nitrogens is 1. The Bertz CT molecular complexity index is 1290. The van der Waals surface area contributed by atoms with Crippen LogP contribution in [0.25, 0.3) is 5.57 Å². The van der Waals surface area contributed by atoms with E-state index in [2.05, 4.69) is 4.99 Å². The predicted octanol–water partition coefficient (Wildman–Crippen LogP) is 2.20. The van der Waals surface area contributed by atoms with E-state index < -0.39 is 10.8 Å². The minimum Gasteiger partial charge on any atom is -0.493 e. The van der Waals surface area contributed by atoms with Crippen molar-refractivity contribution in [3.63, 3.8) is 0 Å². The van der Waals surface area contributed by atoms with Crippen LogP contribution < -0.4 is 10.6 Å². The average molecular weight is 401 g/mol. The van der Waals surface area contributed by atoms with E-state index in [9.17, 15) is 20.0 Å². The topological polar surface area (TPSA) is 111 Å². The van der Waals surface area contributed by atoms with Crippen LogP contribution in [0.4, 0.5) is 5.69 Å². The van der Waals surface area contributed by atoms with E-state index in [-0.39, 0.29) is 28.6 Å². The molecule has 1 aliphatic heterocycles. The third-order valence-electron chi connectivity index (χ3n) is 4.18. The number of aryl methyl sites for hydroxylation is 1. The maximum atomic E-state index is 12.5. The number of thiazole rings is 1. The summed E-state index contributed by atoms with van der Waals surface area (Å²) < 4.78 is 7.06. The fourth-order valence-corrected chi connectivity index (χ4v) is 4.29. The number of fused-ring (bicyclic) bond motifs is 1. The Morgan fingerprint density at radius 1 is 1.44 bits per heavy atom. The number of nitro benzene ring substituents is 1. The average Bonchev–Trinajstić information content (AvgIpc) is 3.30. The van der Waals surface area contributed by atoms with Crippen LogP contribution in [0.3, 0.4) is 0 Å². The third kappa shape index (κ3) is 2.78. The summed E-state index contributed by atoms with van der Waals surface area (Å²) in [6.07, 6.45) is 1.51. The molecule has 10 heteroatoms. The van der Waals surface area contributed by atoms with Crippen molar-refractivity contribution >= 4 is 40.7 Å². The molecule has 0 atom stereocenters. The number of hydrogen-bond acceptors (Lipinski definition) is 7. The van der Waals surface area contributed by atoms with Gasteiger partial charge < -0.3 is 9.52 Å². The standard InChI is InChI=1S/C17H11N3O5S2/c1-8-5-9(20(23)24)6-11-12(15(21)18-13(8)11)14-16(22)19(17(26)27-14)7-10-3-2-4-25-10/h2-6,22H,7H2,1H3. The van der Waals surface area contributed by atoms with Crippen LogP contribution in [0.5, 0.6) is 5.88 Å². The molecular formula is C17H11N3O5S2. The highest BCUT2D eigenvalue weighted by molar-refractivity contribution is 7.73. The predicted molar refractivity (Wildman–Crippen MR) is 98.7 cm³/mol. The second-order valence-electron chi connectivity index (χ2n) is 5.89. The lowest BCUT2D eigenvalue weighted by molar-refractivity contribution is -0.385. The quantitative estimate of drug-likeness (QED) is 0.408. The molecule has 0 fully saturated rings. The first kappa shape index (κ1) is 17.3. The fraction of sp³-hybridized carbons (Fsp3) is 0.118. The van der Waals surface area contributed by atoms with Gasteiger partial charge in [-0.2, -0.15) is 0 Å². The number of non-ortho nitro benzene ring substituents is 1. The summed E-state index contributed by atoms with van der Waals surface area (Å²) in [5, 5.41) is 22.6. The highest BCUT2D eigenvalue weighted by atomic mass is 32.1. The summed E-state index contributed by atoms with van der Waals surface area (Å²) in [5.74, 6) is -0.174. The smallest absolute Gasteiger partial charge is 0.279 e. The van der Waals surface area contributed by atoms with Crippen LogP contribution in [-0.4, -0.2) is 20.5 Å². The number of furan rings is 1. The van der Waals surface area contributed by atoms with Crippen LogP contribution >= 0.6 is 23.6 Å². The first-order valence-electron chi connectivity index (χ1n) is 7.74. The zero-order valence-corrected chi connectivity index (χ0v) is 15.5. The first-order chi connectivity index (χ1) is 12.9. The van der Waals surface area contributed by atoms with Gasteiger partial charge in [0.15, 0.2) is 3.95 Å². The number of hydrogen-bond donors (Lipinski definition) is 1. The van der Waals surface area contributed by atoms with Gasteiger partial charge in [0.05, 0.1) is 28.7 Å². The molecule has 0 radical (unpaired) electrons. The summed E-state index contributed by atoms with van der Waals surface area (Å²) in [6, 6.07) is 6.12. The highest BCUT2D eigenvalue weighted by Crippen LogP contribution is 2.33. The van der Waals surface area contributed by atoms with Crippen LogP contribution in [0.15, 0.2) is 39.9 Å². The van der Waals surface area contributed by atoms with Crippen molar-refractivity contribution in [1.29, 1.82) is 0 Å². The molecule has 3 aromatic rings. The van der Waals surface area contributed by atoms with Crippen molar-refractivity contribution in [3.8, 4) is 5.88 Å². The van der Waals surface area contributed by atoms with Gasteiger partial charge >= 0.3 is 0 Å². The Hall–Kier alpha value is -3.11. The van der Waals surface area contributed by atoms with Crippen molar-refractivity contribution in [3.05, 3.63) is 71.4 Å². The summed E-state index contributed by atoms with van der Waals surface area (Å²) in [4.78, 5) is 27.4. The normalized spacial score (nSPS) is 12.9. The van der Waals surface area contributed by atoms with Gasteiger partial charge in [-0.1, -0.05) is 0 Å². The highest BCUT2D eigenvalue weighted by Gasteiger charge is 2.27. The maximum absolute atomic E-state index is 12.5. The fourth-order valence-electron chi connectivity index (χ4n) is 2.95. The summed E-state index contributed by atoms with van der Waals surface area (Å²) in [7, 11) is 0. The summed E-state index contributed by atoms with van der Waals surface area (Å²) >= 11 is 6.36. The molecular weight excluding hydrogens is 390 g/mol. The number of nitrogens with zero attached hydrogens (tertiary/aromatic N) is 3. The van der Waals surface area contributed by atoms with Crippen molar-refractivity contribution in [1.82, 2.24) is 4.57 Å². The van der Waals surface area contributed by atoms with Gasteiger partial charge in [-0.3, -0.25) is 19.5 Å². The Labute approximate surface area is 160 Å². The molecule has 2 aromatic heterocycles. The second kappa shape index (κ2) is 6.25. The molecule has 1 aromatic carbocycles. The third-order valence-corrected chi connectivity index (χ3v) is 5.64. The van der Waals surface area contributed by atoms with Gasteiger partial charge in [0.1, 0.15) is 10.6 Å². The number of benzene rings is 1. The molecule has 1 N–H and O–H groups in total. The van der Waals surface area contributed by atoms with Crippen LogP contribution in [0.2, 0.25) is 0 Å². The van der Waals surface area contributed by atoms with E-state index in [1.54, 1.807) is 19.1 Å². The van der Waals surface area contributed by atoms with Gasteiger partial charge in [0, 0.05) is 17.4 Å². The van der Waals surface area contributed by atoms with Crippen molar-refractivity contribution in [2.45, 2.75) is 13.5 Å².